The lowest BCUT2D eigenvalue weighted by Crippen LogP contribution is -2.54. The number of hydrogen-bond acceptors (Lipinski definition) is 6. The van der Waals surface area contributed by atoms with Gasteiger partial charge in [-0.15, -0.1) is 0 Å². The predicted octanol–water partition coefficient (Wildman–Crippen LogP) is 2.06. The van der Waals surface area contributed by atoms with Crippen molar-refractivity contribution < 1.29 is 9.59 Å². The molecule has 1 aliphatic rings. The lowest BCUT2D eigenvalue weighted by Gasteiger charge is -2.43. The first-order valence-electron chi connectivity index (χ1n) is 9.40. The van der Waals surface area contributed by atoms with Gasteiger partial charge in [0.15, 0.2) is 5.78 Å². The average Bonchev–Trinajstić information content (AvgIpc) is 3.18. The molecule has 28 heavy (non-hydrogen) atoms. The minimum absolute atomic E-state index is 0.0120. The molecule has 1 N–H and O–H groups in total. The Morgan fingerprint density at radius 2 is 2.32 bits per heavy atom. The normalized spacial score (nSPS) is 19.2. The number of carbonyl (C=O) groups is 2. The predicted molar refractivity (Wildman–Crippen MR) is 105 cm³/mol. The first-order chi connectivity index (χ1) is 13.5. The van der Waals surface area contributed by atoms with Crippen molar-refractivity contribution in [2.24, 2.45) is 5.92 Å². The summed E-state index contributed by atoms with van der Waals surface area (Å²) in [6.45, 7) is 7.31. The summed E-state index contributed by atoms with van der Waals surface area (Å²) in [4.78, 5) is 39.9. The number of anilines is 1. The zero-order chi connectivity index (χ0) is 20.1. The Morgan fingerprint density at radius 3 is 3.07 bits per heavy atom. The fourth-order valence-corrected chi connectivity index (χ4v) is 3.71. The van der Waals surface area contributed by atoms with Crippen LogP contribution in [0.4, 0.5) is 5.82 Å². The third kappa shape index (κ3) is 4.03. The maximum absolute atomic E-state index is 12.3. The monoisotopic (exact) mass is 380 g/mol. The number of aromatic amines is 1. The molecule has 1 fully saturated rings. The molecule has 0 bridgehead atoms. The largest absolute Gasteiger partial charge is 0.350 e. The van der Waals surface area contributed by atoms with Crippen LogP contribution in [0.2, 0.25) is 0 Å². The number of likely N-dealkylation sites (tertiary alicyclic amines) is 1. The second kappa shape index (κ2) is 8.65. The Balaban J connectivity index is 1.94. The molecule has 2 aromatic rings. The highest BCUT2D eigenvalue weighted by Crippen LogP contribution is 2.30. The Labute approximate surface area is 163 Å². The third-order valence-electron chi connectivity index (χ3n) is 5.33. The van der Waals surface area contributed by atoms with Crippen LogP contribution in [0.5, 0.6) is 0 Å². The first kappa shape index (κ1) is 19.5. The van der Waals surface area contributed by atoms with Gasteiger partial charge in [0, 0.05) is 32.3 Å². The van der Waals surface area contributed by atoms with E-state index in [1.54, 1.807) is 4.90 Å². The van der Waals surface area contributed by atoms with Crippen LogP contribution < -0.4 is 4.90 Å². The summed E-state index contributed by atoms with van der Waals surface area (Å²) in [6, 6.07) is 3.84. The molecule has 0 aliphatic carbocycles. The highest BCUT2D eigenvalue weighted by Gasteiger charge is 2.34. The summed E-state index contributed by atoms with van der Waals surface area (Å²) in [7, 11) is 0. The summed E-state index contributed by atoms with van der Waals surface area (Å²) < 4.78 is 0. The molecule has 0 spiro atoms. The molecule has 1 amide bonds. The minimum Gasteiger partial charge on any atom is -0.350 e. The maximum Gasteiger partial charge on any atom is 0.236 e. The van der Waals surface area contributed by atoms with Crippen molar-refractivity contribution in [3.05, 3.63) is 31.2 Å². The molecular weight excluding hydrogens is 356 g/mol. The van der Waals surface area contributed by atoms with Crippen molar-refractivity contribution in [2.45, 2.75) is 32.2 Å². The topological polar surface area (TPSA) is 106 Å². The van der Waals surface area contributed by atoms with E-state index in [1.165, 1.54) is 12.4 Å². The molecule has 2 atom stereocenters. The zero-order valence-corrected chi connectivity index (χ0v) is 16.0. The smallest absolute Gasteiger partial charge is 0.236 e. The quantitative estimate of drug-likeness (QED) is 0.737. The molecule has 3 heterocycles. The van der Waals surface area contributed by atoms with Gasteiger partial charge in [0.05, 0.1) is 17.5 Å². The minimum atomic E-state index is -0.156. The van der Waals surface area contributed by atoms with Crippen LogP contribution in [0.25, 0.3) is 11.0 Å². The van der Waals surface area contributed by atoms with Crippen LogP contribution in [0.3, 0.4) is 0 Å². The van der Waals surface area contributed by atoms with E-state index in [0.29, 0.717) is 32.0 Å². The average molecular weight is 380 g/mol. The van der Waals surface area contributed by atoms with Gasteiger partial charge >= 0.3 is 0 Å². The van der Waals surface area contributed by atoms with Crippen LogP contribution in [-0.2, 0) is 9.59 Å². The van der Waals surface area contributed by atoms with Gasteiger partial charge in [-0.1, -0.05) is 13.5 Å². The second-order valence-corrected chi connectivity index (χ2v) is 7.06. The summed E-state index contributed by atoms with van der Waals surface area (Å²) in [5, 5.41) is 9.74. The van der Waals surface area contributed by atoms with Crippen molar-refractivity contribution >= 4 is 28.5 Å². The van der Waals surface area contributed by atoms with Crippen LogP contribution >= 0.6 is 0 Å². The van der Waals surface area contributed by atoms with Crippen LogP contribution in [0.1, 0.15) is 26.2 Å². The molecule has 0 aromatic carbocycles. The SMILES string of the molecule is C=CC(=O)CCN(c1ncnc2[nH]ccc12)[C@H]1CN(C(=O)CC#N)CC[C@H]1C. The number of nitrogens with one attached hydrogen (secondary N) is 1. The molecular formula is C20H24N6O2. The summed E-state index contributed by atoms with van der Waals surface area (Å²) >= 11 is 0. The van der Waals surface area contributed by atoms with Gasteiger partial charge in [-0.05, 0) is 24.5 Å². The second-order valence-electron chi connectivity index (χ2n) is 7.06. The molecule has 2 aromatic heterocycles. The van der Waals surface area contributed by atoms with E-state index in [0.717, 1.165) is 23.3 Å². The zero-order valence-electron chi connectivity index (χ0n) is 16.0. The van der Waals surface area contributed by atoms with Crippen LogP contribution in [0, 0.1) is 17.2 Å². The standard InChI is InChI=1S/C20H24N6O2/c1-3-15(27)7-11-26(20-16-5-9-22-19(16)23-13-24-20)17-12-25(10-6-14(17)2)18(28)4-8-21/h3,5,9,13-14,17H,1,4,6-7,10-12H2,2H3,(H,22,23,24)/t14-,17+/m1/s1. The number of rotatable bonds is 7. The number of piperidine rings is 1. The lowest BCUT2D eigenvalue weighted by atomic mass is 9.91. The third-order valence-corrected chi connectivity index (χ3v) is 5.33. The van der Waals surface area contributed by atoms with E-state index in [1.807, 2.05) is 18.3 Å². The summed E-state index contributed by atoms with van der Waals surface area (Å²) in [6.07, 6.45) is 5.66. The van der Waals surface area contributed by atoms with Gasteiger partial charge in [0.1, 0.15) is 24.2 Å². The van der Waals surface area contributed by atoms with E-state index in [4.69, 9.17) is 5.26 Å². The number of hydrogen-bond donors (Lipinski definition) is 1. The molecule has 1 saturated heterocycles. The Hall–Kier alpha value is -3.21. The molecule has 0 unspecified atom stereocenters. The Kier molecular flexibility index (Phi) is 6.04. The Morgan fingerprint density at radius 1 is 1.50 bits per heavy atom. The Bertz CT molecular complexity index is 915. The number of nitriles is 1. The van der Waals surface area contributed by atoms with Gasteiger partial charge in [0.2, 0.25) is 5.91 Å². The van der Waals surface area contributed by atoms with E-state index in [-0.39, 0.29) is 24.2 Å². The van der Waals surface area contributed by atoms with Crippen molar-refractivity contribution in [1.29, 1.82) is 5.26 Å². The van der Waals surface area contributed by atoms with Gasteiger partial charge in [-0.25, -0.2) is 9.97 Å². The molecule has 8 nitrogen and oxygen atoms in total. The molecule has 8 heteroatoms. The highest BCUT2D eigenvalue weighted by atomic mass is 16.2. The fourth-order valence-electron chi connectivity index (χ4n) is 3.71. The molecule has 146 valence electrons. The van der Waals surface area contributed by atoms with Gasteiger partial charge in [0.25, 0.3) is 0 Å². The van der Waals surface area contributed by atoms with Crippen LogP contribution in [-0.4, -0.2) is 57.2 Å². The maximum atomic E-state index is 12.3. The van der Waals surface area contributed by atoms with Crippen LogP contribution in [0.15, 0.2) is 31.2 Å². The van der Waals surface area contributed by atoms with E-state index in [9.17, 15) is 9.59 Å². The number of carbonyl (C=O) groups excluding carboxylic acids is 2. The van der Waals surface area contributed by atoms with Gasteiger partial charge in [-0.3, -0.25) is 9.59 Å². The van der Waals surface area contributed by atoms with Gasteiger partial charge < -0.3 is 14.8 Å². The van der Waals surface area contributed by atoms with E-state index < -0.39 is 0 Å². The number of ketones is 1. The fraction of sp³-hybridized carbons (Fsp3) is 0.450. The number of fused-ring (bicyclic) bond motifs is 1. The number of H-pyrrole nitrogens is 1. The number of allylic oxidation sites excluding steroid dienone is 1. The van der Waals surface area contributed by atoms with Crippen molar-refractivity contribution in [2.75, 3.05) is 24.5 Å². The number of amides is 1. The summed E-state index contributed by atoms with van der Waals surface area (Å²) in [5.41, 5.74) is 0.728. The highest BCUT2D eigenvalue weighted by molar-refractivity contribution is 5.90. The number of nitrogens with zero attached hydrogens (tertiary/aromatic N) is 5. The molecule has 0 radical (unpaired) electrons. The van der Waals surface area contributed by atoms with Gasteiger partial charge in [-0.2, -0.15) is 5.26 Å². The van der Waals surface area contributed by atoms with E-state index in [2.05, 4.69) is 33.4 Å². The molecule has 0 saturated carbocycles. The lowest BCUT2D eigenvalue weighted by molar-refractivity contribution is -0.131. The molecule has 3 rings (SSSR count). The molecule has 1 aliphatic heterocycles. The first-order valence-corrected chi connectivity index (χ1v) is 9.40. The summed E-state index contributed by atoms with van der Waals surface area (Å²) in [5.74, 6) is 0.852. The number of aromatic nitrogens is 3. The van der Waals surface area contributed by atoms with Crippen molar-refractivity contribution in [3.63, 3.8) is 0 Å². The van der Waals surface area contributed by atoms with Crippen molar-refractivity contribution in [3.8, 4) is 6.07 Å². The van der Waals surface area contributed by atoms with Crippen molar-refractivity contribution in [1.82, 2.24) is 19.9 Å². The van der Waals surface area contributed by atoms with E-state index >= 15 is 0 Å².